The number of rotatable bonds is 8. The molecule has 1 unspecified atom stereocenters. The maximum atomic E-state index is 11.5. The first-order valence-electron chi connectivity index (χ1n) is 6.92. The highest BCUT2D eigenvalue weighted by molar-refractivity contribution is 5.77. The van der Waals surface area contributed by atoms with E-state index in [4.69, 9.17) is 15.2 Å². The van der Waals surface area contributed by atoms with E-state index < -0.39 is 0 Å². The minimum absolute atomic E-state index is 0.00459. The van der Waals surface area contributed by atoms with Crippen LogP contribution in [0.4, 0.5) is 0 Å². The number of amides is 1. The fourth-order valence-corrected chi connectivity index (χ4v) is 1.78. The lowest BCUT2D eigenvalue weighted by molar-refractivity contribution is -0.122. The first-order valence-corrected chi connectivity index (χ1v) is 6.92. The molecule has 0 aliphatic rings. The third-order valence-electron chi connectivity index (χ3n) is 3.01. The van der Waals surface area contributed by atoms with Gasteiger partial charge in [-0.3, -0.25) is 4.79 Å². The highest BCUT2D eigenvalue weighted by Crippen LogP contribution is 2.26. The van der Waals surface area contributed by atoms with Crippen molar-refractivity contribution in [2.75, 3.05) is 20.3 Å². The Balaban J connectivity index is 2.80. The van der Waals surface area contributed by atoms with E-state index in [-0.39, 0.29) is 18.6 Å². The van der Waals surface area contributed by atoms with Crippen molar-refractivity contribution in [3.8, 4) is 11.5 Å². The van der Waals surface area contributed by atoms with E-state index in [1.165, 1.54) is 0 Å². The van der Waals surface area contributed by atoms with Crippen LogP contribution in [0.1, 0.15) is 25.8 Å². The third kappa shape index (κ3) is 5.09. The van der Waals surface area contributed by atoms with Crippen LogP contribution < -0.4 is 20.5 Å². The summed E-state index contributed by atoms with van der Waals surface area (Å²) in [4.78, 5) is 11.5. The molecule has 1 atom stereocenters. The van der Waals surface area contributed by atoms with Crippen molar-refractivity contribution in [2.24, 2.45) is 5.73 Å². The summed E-state index contributed by atoms with van der Waals surface area (Å²) in [5, 5.41) is 2.70. The molecule has 0 aliphatic heterocycles. The molecule has 1 aromatic rings. The molecule has 0 aromatic heterocycles. The highest BCUT2D eigenvalue weighted by atomic mass is 16.5. The van der Waals surface area contributed by atoms with Crippen LogP contribution in [-0.2, 0) is 11.2 Å². The molecule has 0 heterocycles. The maximum Gasteiger partial charge on any atom is 0.257 e. The molecule has 0 radical (unpaired) electrons. The van der Waals surface area contributed by atoms with E-state index in [2.05, 4.69) is 5.32 Å². The monoisotopic (exact) mass is 280 g/mol. The minimum Gasteiger partial charge on any atom is -0.497 e. The number of hydrogen-bond donors (Lipinski definition) is 2. The van der Waals surface area contributed by atoms with Gasteiger partial charge in [0.15, 0.2) is 6.61 Å². The summed E-state index contributed by atoms with van der Waals surface area (Å²) < 4.78 is 10.8. The average Bonchev–Trinajstić information content (AvgIpc) is 2.46. The van der Waals surface area contributed by atoms with E-state index in [0.29, 0.717) is 24.5 Å². The number of carbonyl (C=O) groups excluding carboxylic acids is 1. The molecule has 1 amide bonds. The minimum atomic E-state index is -0.138. The summed E-state index contributed by atoms with van der Waals surface area (Å²) in [5.41, 5.74) is 6.97. The van der Waals surface area contributed by atoms with E-state index >= 15 is 0 Å². The Morgan fingerprint density at radius 2 is 2.15 bits per heavy atom. The Labute approximate surface area is 120 Å². The number of ether oxygens (including phenoxy) is 2. The van der Waals surface area contributed by atoms with Crippen LogP contribution in [0.2, 0.25) is 0 Å². The smallest absolute Gasteiger partial charge is 0.257 e. The van der Waals surface area contributed by atoms with Crippen molar-refractivity contribution >= 4 is 5.91 Å². The van der Waals surface area contributed by atoms with Gasteiger partial charge in [-0.2, -0.15) is 0 Å². The van der Waals surface area contributed by atoms with Gasteiger partial charge in [0, 0.05) is 18.7 Å². The van der Waals surface area contributed by atoms with Gasteiger partial charge in [-0.05, 0) is 31.4 Å². The van der Waals surface area contributed by atoms with Gasteiger partial charge in [0.2, 0.25) is 0 Å². The van der Waals surface area contributed by atoms with Gasteiger partial charge < -0.3 is 20.5 Å². The molecule has 0 spiro atoms. The Kier molecular flexibility index (Phi) is 6.87. The van der Waals surface area contributed by atoms with E-state index in [1.54, 1.807) is 13.2 Å². The van der Waals surface area contributed by atoms with Crippen LogP contribution in [0, 0.1) is 0 Å². The van der Waals surface area contributed by atoms with Crippen molar-refractivity contribution < 1.29 is 14.3 Å². The molecule has 20 heavy (non-hydrogen) atoms. The Bertz CT molecular complexity index is 435. The largest absolute Gasteiger partial charge is 0.497 e. The fourth-order valence-electron chi connectivity index (χ4n) is 1.78. The lowest BCUT2D eigenvalue weighted by Gasteiger charge is -2.15. The SMILES string of the molecule is CCNC(=O)COc1cc(OC)ccc1CC(N)CC. The number of hydrogen-bond acceptors (Lipinski definition) is 4. The van der Waals surface area contributed by atoms with Crippen LogP contribution >= 0.6 is 0 Å². The molecule has 0 bridgehead atoms. The summed E-state index contributed by atoms with van der Waals surface area (Å²) in [5.74, 6) is 1.21. The number of nitrogens with two attached hydrogens (primary N) is 1. The topological polar surface area (TPSA) is 73.6 Å². The van der Waals surface area contributed by atoms with Gasteiger partial charge in [0.05, 0.1) is 7.11 Å². The van der Waals surface area contributed by atoms with Gasteiger partial charge >= 0.3 is 0 Å². The molecule has 0 fully saturated rings. The quantitative estimate of drug-likeness (QED) is 0.756. The number of likely N-dealkylation sites (N-methyl/N-ethyl adjacent to an activating group) is 1. The summed E-state index contributed by atoms with van der Waals surface area (Å²) in [7, 11) is 1.60. The molecule has 0 saturated heterocycles. The maximum absolute atomic E-state index is 11.5. The van der Waals surface area contributed by atoms with Gasteiger partial charge in [0.1, 0.15) is 11.5 Å². The lowest BCUT2D eigenvalue weighted by atomic mass is 10.0. The number of carbonyl (C=O) groups is 1. The normalized spacial score (nSPS) is 11.8. The van der Waals surface area contributed by atoms with E-state index in [1.807, 2.05) is 26.0 Å². The van der Waals surface area contributed by atoms with Gasteiger partial charge in [-0.1, -0.05) is 13.0 Å². The Morgan fingerprint density at radius 3 is 2.75 bits per heavy atom. The molecule has 5 heteroatoms. The molecule has 5 nitrogen and oxygen atoms in total. The van der Waals surface area contributed by atoms with Gasteiger partial charge in [-0.15, -0.1) is 0 Å². The van der Waals surface area contributed by atoms with Gasteiger partial charge in [0.25, 0.3) is 5.91 Å². The van der Waals surface area contributed by atoms with Crippen molar-refractivity contribution in [2.45, 2.75) is 32.7 Å². The summed E-state index contributed by atoms with van der Waals surface area (Å²) >= 11 is 0. The average molecular weight is 280 g/mol. The molecule has 0 saturated carbocycles. The van der Waals surface area contributed by atoms with Crippen LogP contribution in [0.15, 0.2) is 18.2 Å². The van der Waals surface area contributed by atoms with Gasteiger partial charge in [-0.25, -0.2) is 0 Å². The van der Waals surface area contributed by atoms with Crippen molar-refractivity contribution in [3.63, 3.8) is 0 Å². The molecule has 112 valence electrons. The van der Waals surface area contributed by atoms with Crippen molar-refractivity contribution in [3.05, 3.63) is 23.8 Å². The zero-order chi connectivity index (χ0) is 15.0. The summed E-state index contributed by atoms with van der Waals surface area (Å²) in [6.07, 6.45) is 1.60. The van der Waals surface area contributed by atoms with E-state index in [0.717, 1.165) is 12.0 Å². The number of methoxy groups -OCH3 is 1. The zero-order valence-electron chi connectivity index (χ0n) is 12.4. The zero-order valence-corrected chi connectivity index (χ0v) is 12.4. The lowest BCUT2D eigenvalue weighted by Crippen LogP contribution is -2.29. The second-order valence-corrected chi connectivity index (χ2v) is 4.59. The second kappa shape index (κ2) is 8.43. The number of nitrogens with one attached hydrogen (secondary N) is 1. The molecular weight excluding hydrogens is 256 g/mol. The van der Waals surface area contributed by atoms with Crippen LogP contribution in [0.3, 0.4) is 0 Å². The van der Waals surface area contributed by atoms with Crippen LogP contribution in [0.25, 0.3) is 0 Å². The molecule has 1 aromatic carbocycles. The molecular formula is C15H24N2O3. The summed E-state index contributed by atoms with van der Waals surface area (Å²) in [6, 6.07) is 5.67. The second-order valence-electron chi connectivity index (χ2n) is 4.59. The predicted octanol–water partition coefficient (Wildman–Crippen LogP) is 1.49. The van der Waals surface area contributed by atoms with Crippen molar-refractivity contribution in [1.29, 1.82) is 0 Å². The number of benzene rings is 1. The standard InChI is InChI=1S/C15H24N2O3/c1-4-12(16)8-11-6-7-13(19-3)9-14(11)20-10-15(18)17-5-2/h6-7,9,12H,4-5,8,10,16H2,1-3H3,(H,17,18). The first kappa shape index (κ1) is 16.3. The third-order valence-corrected chi connectivity index (χ3v) is 3.01. The van der Waals surface area contributed by atoms with Crippen molar-refractivity contribution in [1.82, 2.24) is 5.32 Å². The fraction of sp³-hybridized carbons (Fsp3) is 0.533. The van der Waals surface area contributed by atoms with Crippen LogP contribution in [-0.4, -0.2) is 32.2 Å². The highest BCUT2D eigenvalue weighted by Gasteiger charge is 2.11. The molecule has 0 aliphatic carbocycles. The first-order chi connectivity index (χ1) is 9.60. The Hall–Kier alpha value is -1.75. The Morgan fingerprint density at radius 1 is 1.40 bits per heavy atom. The summed E-state index contributed by atoms with van der Waals surface area (Å²) in [6.45, 7) is 4.50. The molecule has 3 N–H and O–H groups in total. The predicted molar refractivity (Wildman–Crippen MR) is 79.1 cm³/mol. The van der Waals surface area contributed by atoms with Crippen LogP contribution in [0.5, 0.6) is 11.5 Å². The van der Waals surface area contributed by atoms with E-state index in [9.17, 15) is 4.79 Å². The molecule has 1 rings (SSSR count).